The van der Waals surface area contributed by atoms with Gasteiger partial charge in [0.1, 0.15) is 11.5 Å². The summed E-state index contributed by atoms with van der Waals surface area (Å²) in [6.07, 6.45) is 2.61. The molecule has 1 aromatic heterocycles. The summed E-state index contributed by atoms with van der Waals surface area (Å²) in [5, 5.41) is 2.91. The molecule has 1 aliphatic rings. The molecule has 1 fully saturated rings. The standard InChI is InChI=1S/C21H27N3O3/c1-3-23(15-19-11-6-16(2)27-19)21(26)22-18-9-7-17(8-10-18)14-20(25)24-12-4-5-13-24/h6-11H,3-5,12-15H2,1-2H3,(H,22,26). The van der Waals surface area contributed by atoms with E-state index < -0.39 is 0 Å². The van der Waals surface area contributed by atoms with Gasteiger partial charge in [-0.05, 0) is 56.5 Å². The van der Waals surface area contributed by atoms with Crippen molar-refractivity contribution in [3.05, 3.63) is 53.5 Å². The normalized spacial score (nSPS) is 13.6. The molecule has 0 bridgehead atoms. The first kappa shape index (κ1) is 19.0. The molecule has 6 nitrogen and oxygen atoms in total. The second kappa shape index (κ2) is 8.75. The third-order valence-electron chi connectivity index (χ3n) is 4.83. The largest absolute Gasteiger partial charge is 0.464 e. The van der Waals surface area contributed by atoms with Gasteiger partial charge in [0.05, 0.1) is 13.0 Å². The van der Waals surface area contributed by atoms with Gasteiger partial charge in [0, 0.05) is 25.3 Å². The Hall–Kier alpha value is -2.76. The Balaban J connectivity index is 1.54. The lowest BCUT2D eigenvalue weighted by Gasteiger charge is -2.20. The molecular weight excluding hydrogens is 342 g/mol. The van der Waals surface area contributed by atoms with Crippen molar-refractivity contribution in [3.63, 3.8) is 0 Å². The number of furan rings is 1. The topological polar surface area (TPSA) is 65.8 Å². The van der Waals surface area contributed by atoms with Crippen molar-refractivity contribution < 1.29 is 14.0 Å². The molecule has 0 unspecified atom stereocenters. The highest BCUT2D eigenvalue weighted by Gasteiger charge is 2.18. The molecule has 27 heavy (non-hydrogen) atoms. The van der Waals surface area contributed by atoms with Crippen molar-refractivity contribution in [1.29, 1.82) is 0 Å². The first-order chi connectivity index (χ1) is 13.0. The molecule has 144 valence electrons. The summed E-state index contributed by atoms with van der Waals surface area (Å²) in [5.74, 6) is 1.77. The summed E-state index contributed by atoms with van der Waals surface area (Å²) < 4.78 is 5.55. The van der Waals surface area contributed by atoms with Gasteiger partial charge in [0.25, 0.3) is 0 Å². The Kier molecular flexibility index (Phi) is 6.16. The Morgan fingerprint density at radius 1 is 1.11 bits per heavy atom. The minimum atomic E-state index is -0.174. The van der Waals surface area contributed by atoms with Crippen molar-refractivity contribution in [2.24, 2.45) is 0 Å². The number of carbonyl (C=O) groups is 2. The quantitative estimate of drug-likeness (QED) is 0.842. The third-order valence-corrected chi connectivity index (χ3v) is 4.83. The lowest BCUT2D eigenvalue weighted by molar-refractivity contribution is -0.129. The molecule has 0 spiro atoms. The Morgan fingerprint density at radius 3 is 2.41 bits per heavy atom. The number of nitrogens with one attached hydrogen (secondary N) is 1. The average Bonchev–Trinajstić information content (AvgIpc) is 3.33. The van der Waals surface area contributed by atoms with Crippen molar-refractivity contribution in [3.8, 4) is 0 Å². The number of likely N-dealkylation sites (tertiary alicyclic amines) is 1. The molecule has 3 amide bonds. The highest BCUT2D eigenvalue weighted by atomic mass is 16.3. The maximum Gasteiger partial charge on any atom is 0.322 e. The summed E-state index contributed by atoms with van der Waals surface area (Å²) in [4.78, 5) is 28.3. The zero-order valence-electron chi connectivity index (χ0n) is 16.0. The molecule has 6 heteroatoms. The number of anilines is 1. The van der Waals surface area contributed by atoms with Crippen LogP contribution in [0, 0.1) is 6.92 Å². The second-order valence-electron chi connectivity index (χ2n) is 6.92. The van der Waals surface area contributed by atoms with E-state index in [0.29, 0.717) is 25.2 Å². The van der Waals surface area contributed by atoms with Gasteiger partial charge in [0.2, 0.25) is 5.91 Å². The van der Waals surface area contributed by atoms with Crippen LogP contribution in [0.1, 0.15) is 36.8 Å². The number of amides is 3. The van der Waals surface area contributed by atoms with E-state index >= 15 is 0 Å². The summed E-state index contributed by atoms with van der Waals surface area (Å²) in [7, 11) is 0. The van der Waals surface area contributed by atoms with Gasteiger partial charge in [0.15, 0.2) is 0 Å². The molecule has 3 rings (SSSR count). The number of rotatable bonds is 6. The van der Waals surface area contributed by atoms with Crippen LogP contribution in [-0.4, -0.2) is 41.4 Å². The smallest absolute Gasteiger partial charge is 0.322 e. The van der Waals surface area contributed by atoms with Gasteiger partial charge in [-0.15, -0.1) is 0 Å². The average molecular weight is 369 g/mol. The highest BCUT2D eigenvalue weighted by Crippen LogP contribution is 2.15. The van der Waals surface area contributed by atoms with Crippen molar-refractivity contribution in [2.45, 2.75) is 39.7 Å². The molecule has 1 N–H and O–H groups in total. The fraction of sp³-hybridized carbons (Fsp3) is 0.429. The third kappa shape index (κ3) is 5.12. The fourth-order valence-corrected chi connectivity index (χ4v) is 3.25. The minimum Gasteiger partial charge on any atom is -0.464 e. The van der Waals surface area contributed by atoms with Gasteiger partial charge in [-0.1, -0.05) is 12.1 Å². The molecule has 0 saturated carbocycles. The number of urea groups is 1. The van der Waals surface area contributed by atoms with Crippen LogP contribution in [0.3, 0.4) is 0 Å². The van der Waals surface area contributed by atoms with Crippen molar-refractivity contribution in [1.82, 2.24) is 9.80 Å². The number of nitrogens with zero attached hydrogens (tertiary/aromatic N) is 2. The first-order valence-electron chi connectivity index (χ1n) is 9.53. The summed E-state index contributed by atoms with van der Waals surface area (Å²) in [5.41, 5.74) is 1.68. The monoisotopic (exact) mass is 369 g/mol. The maximum atomic E-state index is 12.5. The van der Waals surface area contributed by atoms with Crippen LogP contribution < -0.4 is 5.32 Å². The minimum absolute atomic E-state index is 0.174. The molecular formula is C21H27N3O3. The molecule has 1 saturated heterocycles. The van der Waals surface area contributed by atoms with E-state index in [-0.39, 0.29) is 11.9 Å². The van der Waals surface area contributed by atoms with Crippen LogP contribution in [0.5, 0.6) is 0 Å². The number of aryl methyl sites for hydroxylation is 1. The Morgan fingerprint density at radius 2 is 1.81 bits per heavy atom. The van der Waals surface area contributed by atoms with E-state index in [1.807, 2.05) is 55.1 Å². The van der Waals surface area contributed by atoms with E-state index in [0.717, 1.165) is 43.0 Å². The van der Waals surface area contributed by atoms with Crippen LogP contribution in [0.25, 0.3) is 0 Å². The number of hydrogen-bond donors (Lipinski definition) is 1. The molecule has 0 aliphatic carbocycles. The van der Waals surface area contributed by atoms with E-state index in [9.17, 15) is 9.59 Å². The summed E-state index contributed by atoms with van der Waals surface area (Å²) in [6.45, 7) is 6.56. The van der Waals surface area contributed by atoms with Crippen LogP contribution in [0.15, 0.2) is 40.8 Å². The van der Waals surface area contributed by atoms with E-state index in [2.05, 4.69) is 5.32 Å². The number of carbonyl (C=O) groups excluding carboxylic acids is 2. The van der Waals surface area contributed by atoms with Crippen LogP contribution in [-0.2, 0) is 17.8 Å². The van der Waals surface area contributed by atoms with Crippen molar-refractivity contribution in [2.75, 3.05) is 25.0 Å². The van der Waals surface area contributed by atoms with Crippen molar-refractivity contribution >= 4 is 17.6 Å². The Labute approximate surface area is 160 Å². The molecule has 0 radical (unpaired) electrons. The molecule has 2 aromatic rings. The van der Waals surface area contributed by atoms with E-state index in [1.165, 1.54) is 0 Å². The van der Waals surface area contributed by atoms with Crippen LogP contribution in [0.2, 0.25) is 0 Å². The first-order valence-corrected chi connectivity index (χ1v) is 9.53. The fourth-order valence-electron chi connectivity index (χ4n) is 3.25. The number of hydrogen-bond acceptors (Lipinski definition) is 3. The Bertz CT molecular complexity index is 776. The molecule has 1 aliphatic heterocycles. The van der Waals surface area contributed by atoms with Gasteiger partial charge in [-0.3, -0.25) is 4.79 Å². The molecule has 1 aromatic carbocycles. The maximum absolute atomic E-state index is 12.5. The lowest BCUT2D eigenvalue weighted by atomic mass is 10.1. The zero-order chi connectivity index (χ0) is 19.2. The van der Waals surface area contributed by atoms with Crippen LogP contribution >= 0.6 is 0 Å². The lowest BCUT2D eigenvalue weighted by Crippen LogP contribution is -2.34. The van der Waals surface area contributed by atoms with E-state index in [1.54, 1.807) is 4.90 Å². The molecule has 2 heterocycles. The zero-order valence-corrected chi connectivity index (χ0v) is 16.0. The SMILES string of the molecule is CCN(Cc1ccc(C)o1)C(=O)Nc1ccc(CC(=O)N2CCCC2)cc1. The highest BCUT2D eigenvalue weighted by molar-refractivity contribution is 5.89. The second-order valence-corrected chi connectivity index (χ2v) is 6.92. The predicted octanol–water partition coefficient (Wildman–Crippen LogP) is 3.81. The summed E-state index contributed by atoms with van der Waals surface area (Å²) in [6, 6.07) is 11.1. The predicted molar refractivity (Wildman–Crippen MR) is 105 cm³/mol. The van der Waals surface area contributed by atoms with Gasteiger partial charge >= 0.3 is 6.03 Å². The molecule has 0 atom stereocenters. The summed E-state index contributed by atoms with van der Waals surface area (Å²) >= 11 is 0. The van der Waals surface area contributed by atoms with Gasteiger partial charge in [-0.25, -0.2) is 4.79 Å². The number of benzene rings is 1. The van der Waals surface area contributed by atoms with E-state index in [4.69, 9.17) is 4.42 Å². The van der Waals surface area contributed by atoms with Gasteiger partial charge in [-0.2, -0.15) is 0 Å². The van der Waals surface area contributed by atoms with Crippen LogP contribution in [0.4, 0.5) is 10.5 Å². The van der Waals surface area contributed by atoms with Gasteiger partial charge < -0.3 is 19.5 Å².